The molecule has 2 atom stereocenters. The van der Waals surface area contributed by atoms with E-state index in [1.165, 1.54) is 23.8 Å². The van der Waals surface area contributed by atoms with E-state index in [0.717, 1.165) is 45.6 Å². The molecule has 2 aromatic carbocycles. The molecule has 2 amide bonds. The average molecular weight is 493 g/mol. The van der Waals surface area contributed by atoms with Crippen LogP contribution in [0.1, 0.15) is 29.5 Å². The molecule has 0 spiro atoms. The number of carbonyl (C=O) groups is 2. The quantitative estimate of drug-likeness (QED) is 0.583. The summed E-state index contributed by atoms with van der Waals surface area (Å²) in [6, 6.07) is 18.8. The van der Waals surface area contributed by atoms with Crippen molar-refractivity contribution in [1.29, 1.82) is 0 Å². The number of likely N-dealkylation sites (tertiary alicyclic amines) is 1. The molecule has 2 aliphatic rings. The molecule has 7 nitrogen and oxygen atoms in total. The van der Waals surface area contributed by atoms with Gasteiger partial charge in [0.1, 0.15) is 12.6 Å². The van der Waals surface area contributed by atoms with Gasteiger partial charge in [-0.25, -0.2) is 0 Å². The molecule has 4 rings (SSSR count). The third kappa shape index (κ3) is 6.93. The van der Waals surface area contributed by atoms with Gasteiger partial charge in [0.15, 0.2) is 0 Å². The third-order valence-corrected chi connectivity index (χ3v) is 7.36. The molecule has 2 fully saturated rings. The van der Waals surface area contributed by atoms with Crippen molar-refractivity contribution in [3.05, 3.63) is 71.3 Å². The van der Waals surface area contributed by atoms with E-state index in [-0.39, 0.29) is 24.5 Å². The Bertz CT molecular complexity index is 974. The molecule has 2 aromatic rings. The van der Waals surface area contributed by atoms with Crippen LogP contribution in [0.2, 0.25) is 0 Å². The van der Waals surface area contributed by atoms with Crippen LogP contribution in [0.25, 0.3) is 0 Å². The van der Waals surface area contributed by atoms with Crippen molar-refractivity contribution in [2.75, 3.05) is 53.0 Å². The second kappa shape index (κ2) is 13.0. The Kier molecular flexibility index (Phi) is 9.50. The SMILES string of the molecule is COCC(=O)N1CC(N(CCc2ccccc2)Cc2ccc(C)cc2)CC1C(=O)N1CCCNCC1. The molecule has 0 aliphatic carbocycles. The van der Waals surface area contributed by atoms with Crippen molar-refractivity contribution in [3.63, 3.8) is 0 Å². The number of rotatable bonds is 9. The number of ether oxygens (including phenoxy) is 1. The first kappa shape index (κ1) is 26.3. The number of methoxy groups -OCH3 is 1. The van der Waals surface area contributed by atoms with Crippen LogP contribution in [0.5, 0.6) is 0 Å². The van der Waals surface area contributed by atoms with E-state index >= 15 is 0 Å². The van der Waals surface area contributed by atoms with Crippen LogP contribution >= 0.6 is 0 Å². The molecule has 36 heavy (non-hydrogen) atoms. The predicted octanol–water partition coefficient (Wildman–Crippen LogP) is 2.48. The summed E-state index contributed by atoms with van der Waals surface area (Å²) in [5.74, 6) is -0.0337. The second-order valence-corrected chi connectivity index (χ2v) is 10.0. The second-order valence-electron chi connectivity index (χ2n) is 10.0. The van der Waals surface area contributed by atoms with Gasteiger partial charge in [-0.2, -0.15) is 0 Å². The first-order valence-electron chi connectivity index (χ1n) is 13.2. The first-order valence-corrected chi connectivity index (χ1v) is 13.2. The Balaban J connectivity index is 1.54. The normalized spacial score (nSPS) is 20.5. The zero-order valence-corrected chi connectivity index (χ0v) is 21.7. The lowest BCUT2D eigenvalue weighted by Gasteiger charge is -2.29. The minimum Gasteiger partial charge on any atom is -0.375 e. The van der Waals surface area contributed by atoms with Gasteiger partial charge in [-0.05, 0) is 43.9 Å². The van der Waals surface area contributed by atoms with Gasteiger partial charge in [-0.15, -0.1) is 0 Å². The van der Waals surface area contributed by atoms with Crippen LogP contribution in [-0.2, 0) is 27.3 Å². The largest absolute Gasteiger partial charge is 0.375 e. The van der Waals surface area contributed by atoms with E-state index in [2.05, 4.69) is 65.7 Å². The number of aryl methyl sites for hydroxylation is 1. The lowest BCUT2D eigenvalue weighted by Crippen LogP contribution is -2.49. The molecule has 2 saturated heterocycles. The fourth-order valence-electron chi connectivity index (χ4n) is 5.31. The van der Waals surface area contributed by atoms with E-state index in [0.29, 0.717) is 19.5 Å². The number of carbonyl (C=O) groups excluding carboxylic acids is 2. The Morgan fingerprint density at radius 1 is 1.03 bits per heavy atom. The van der Waals surface area contributed by atoms with Crippen LogP contribution in [0.15, 0.2) is 54.6 Å². The summed E-state index contributed by atoms with van der Waals surface area (Å²) < 4.78 is 5.18. The van der Waals surface area contributed by atoms with Gasteiger partial charge in [0, 0.05) is 52.4 Å². The molecular formula is C29H40N4O3. The van der Waals surface area contributed by atoms with Gasteiger partial charge >= 0.3 is 0 Å². The number of hydrogen-bond acceptors (Lipinski definition) is 5. The van der Waals surface area contributed by atoms with Gasteiger partial charge < -0.3 is 19.9 Å². The molecule has 0 bridgehead atoms. The number of benzene rings is 2. The van der Waals surface area contributed by atoms with Gasteiger partial charge in [0.05, 0.1) is 0 Å². The smallest absolute Gasteiger partial charge is 0.249 e. The highest BCUT2D eigenvalue weighted by atomic mass is 16.5. The van der Waals surface area contributed by atoms with Crippen molar-refractivity contribution < 1.29 is 14.3 Å². The fraction of sp³-hybridized carbons (Fsp3) is 0.517. The van der Waals surface area contributed by atoms with Gasteiger partial charge in [0.25, 0.3) is 0 Å². The maximum Gasteiger partial charge on any atom is 0.249 e. The van der Waals surface area contributed by atoms with Crippen LogP contribution < -0.4 is 5.32 Å². The zero-order valence-electron chi connectivity index (χ0n) is 21.7. The molecule has 2 heterocycles. The summed E-state index contributed by atoms with van der Waals surface area (Å²) in [7, 11) is 1.53. The van der Waals surface area contributed by atoms with Crippen molar-refractivity contribution in [3.8, 4) is 0 Å². The number of hydrogen-bond donors (Lipinski definition) is 1. The molecule has 0 aromatic heterocycles. The highest BCUT2D eigenvalue weighted by Gasteiger charge is 2.43. The van der Waals surface area contributed by atoms with Crippen LogP contribution in [0.3, 0.4) is 0 Å². The lowest BCUT2D eigenvalue weighted by molar-refractivity contribution is -0.145. The Hall–Kier alpha value is -2.74. The summed E-state index contributed by atoms with van der Waals surface area (Å²) in [4.78, 5) is 32.9. The molecule has 194 valence electrons. The standard InChI is InChI=1S/C29H40N4O3/c1-23-9-11-25(12-10-23)20-32(17-13-24-7-4-3-5-8-24)26-19-27(33(21-26)28(34)22-36-2)29(35)31-16-6-14-30-15-18-31/h3-5,7-12,26-27,30H,6,13-22H2,1-2H3. The van der Waals surface area contributed by atoms with E-state index < -0.39 is 6.04 Å². The fourth-order valence-corrected chi connectivity index (χ4v) is 5.31. The topological polar surface area (TPSA) is 65.1 Å². The summed E-state index contributed by atoms with van der Waals surface area (Å²) in [6.45, 7) is 7.45. The molecule has 2 unspecified atom stereocenters. The Morgan fingerprint density at radius 2 is 1.81 bits per heavy atom. The molecule has 0 saturated carbocycles. The van der Waals surface area contributed by atoms with Crippen LogP contribution in [0.4, 0.5) is 0 Å². The average Bonchev–Trinajstić information content (AvgIpc) is 3.16. The van der Waals surface area contributed by atoms with Crippen molar-refractivity contribution in [2.24, 2.45) is 0 Å². The van der Waals surface area contributed by atoms with Gasteiger partial charge in [-0.3, -0.25) is 14.5 Å². The van der Waals surface area contributed by atoms with Crippen LogP contribution in [0, 0.1) is 6.92 Å². The number of nitrogens with zero attached hydrogens (tertiary/aromatic N) is 3. The maximum absolute atomic E-state index is 13.7. The number of nitrogens with one attached hydrogen (secondary N) is 1. The summed E-state index contributed by atoms with van der Waals surface area (Å²) >= 11 is 0. The predicted molar refractivity (Wildman–Crippen MR) is 142 cm³/mol. The molecule has 1 N–H and O–H groups in total. The van der Waals surface area contributed by atoms with E-state index in [4.69, 9.17) is 4.74 Å². The summed E-state index contributed by atoms with van der Waals surface area (Å²) in [5, 5.41) is 3.36. The lowest BCUT2D eigenvalue weighted by atomic mass is 10.1. The van der Waals surface area contributed by atoms with Crippen molar-refractivity contribution in [2.45, 2.75) is 44.8 Å². The van der Waals surface area contributed by atoms with Crippen LogP contribution in [-0.4, -0.2) is 91.6 Å². The monoisotopic (exact) mass is 492 g/mol. The van der Waals surface area contributed by atoms with Gasteiger partial charge in [0.2, 0.25) is 11.8 Å². The molecule has 0 radical (unpaired) electrons. The molecule has 2 aliphatic heterocycles. The third-order valence-electron chi connectivity index (χ3n) is 7.36. The highest BCUT2D eigenvalue weighted by Crippen LogP contribution is 2.26. The summed E-state index contributed by atoms with van der Waals surface area (Å²) in [6.07, 6.45) is 2.51. The van der Waals surface area contributed by atoms with Gasteiger partial charge in [-0.1, -0.05) is 60.2 Å². The highest BCUT2D eigenvalue weighted by molar-refractivity contribution is 5.89. The molecular weight excluding hydrogens is 452 g/mol. The first-order chi connectivity index (χ1) is 17.5. The van der Waals surface area contributed by atoms with E-state index in [9.17, 15) is 9.59 Å². The minimum atomic E-state index is -0.437. The Labute approximate surface area is 215 Å². The summed E-state index contributed by atoms with van der Waals surface area (Å²) in [5.41, 5.74) is 3.78. The zero-order chi connectivity index (χ0) is 25.3. The maximum atomic E-state index is 13.7. The number of amides is 2. The van der Waals surface area contributed by atoms with Crippen molar-refractivity contribution >= 4 is 11.8 Å². The Morgan fingerprint density at radius 3 is 2.56 bits per heavy atom. The van der Waals surface area contributed by atoms with E-state index in [1.54, 1.807) is 4.90 Å². The molecule has 7 heteroatoms. The minimum absolute atomic E-state index is 0.0000328. The van der Waals surface area contributed by atoms with Crippen molar-refractivity contribution in [1.82, 2.24) is 20.0 Å². The van der Waals surface area contributed by atoms with E-state index in [1.807, 2.05) is 11.0 Å².